The van der Waals surface area contributed by atoms with Crippen LogP contribution in [0.2, 0.25) is 0 Å². The summed E-state index contributed by atoms with van der Waals surface area (Å²) in [4.78, 5) is 0. The molecule has 0 heterocycles. The Labute approximate surface area is 123 Å². The average molecular weight is 273 g/mol. The highest BCUT2D eigenvalue weighted by Gasteiger charge is 2.14. The highest BCUT2D eigenvalue weighted by atomic mass is 16.5. The van der Waals surface area contributed by atoms with Gasteiger partial charge in [-0.05, 0) is 62.0 Å². The first-order valence-electron chi connectivity index (χ1n) is 7.85. The van der Waals surface area contributed by atoms with Gasteiger partial charge in [-0.2, -0.15) is 0 Å². The molecule has 20 heavy (non-hydrogen) atoms. The second-order valence-corrected chi connectivity index (χ2v) is 5.80. The van der Waals surface area contributed by atoms with Crippen molar-refractivity contribution in [3.63, 3.8) is 0 Å². The second kappa shape index (κ2) is 8.11. The highest BCUT2D eigenvalue weighted by molar-refractivity contribution is 5.64. The lowest BCUT2D eigenvalue weighted by Gasteiger charge is -2.21. The van der Waals surface area contributed by atoms with Gasteiger partial charge in [-0.1, -0.05) is 38.0 Å². The molecule has 0 spiro atoms. The molecule has 0 amide bonds. The van der Waals surface area contributed by atoms with E-state index in [1.165, 1.54) is 43.2 Å². The van der Waals surface area contributed by atoms with Gasteiger partial charge in [0.2, 0.25) is 0 Å². The van der Waals surface area contributed by atoms with Crippen LogP contribution < -0.4 is 10.1 Å². The van der Waals surface area contributed by atoms with Crippen LogP contribution in [0.3, 0.4) is 0 Å². The number of hydrogen-bond donors (Lipinski definition) is 1. The van der Waals surface area contributed by atoms with Crippen molar-refractivity contribution in [2.75, 3.05) is 20.2 Å². The largest absolute Gasteiger partial charge is 0.493 e. The van der Waals surface area contributed by atoms with E-state index in [0.29, 0.717) is 0 Å². The third-order valence-corrected chi connectivity index (χ3v) is 4.13. The van der Waals surface area contributed by atoms with Crippen LogP contribution in [0.25, 0.3) is 5.57 Å². The monoisotopic (exact) mass is 273 g/mol. The fraction of sp³-hybridized carbons (Fsp3) is 0.556. The number of hydrogen-bond acceptors (Lipinski definition) is 2. The molecule has 2 rings (SSSR count). The first-order chi connectivity index (χ1) is 9.79. The molecule has 1 aromatic rings. The van der Waals surface area contributed by atoms with Crippen molar-refractivity contribution in [2.45, 2.75) is 38.5 Å². The highest BCUT2D eigenvalue weighted by Crippen LogP contribution is 2.26. The maximum Gasteiger partial charge on any atom is 0.119 e. The summed E-state index contributed by atoms with van der Waals surface area (Å²) in [5, 5.41) is 3.16. The maximum absolute atomic E-state index is 5.98. The van der Waals surface area contributed by atoms with Gasteiger partial charge in [-0.25, -0.2) is 0 Å². The van der Waals surface area contributed by atoms with E-state index < -0.39 is 0 Å². The summed E-state index contributed by atoms with van der Waals surface area (Å²) >= 11 is 0. The zero-order valence-electron chi connectivity index (χ0n) is 12.7. The first kappa shape index (κ1) is 15.1. The SMILES string of the molecule is C=C(CCNC)c1cccc(OCC2CCCCC2)c1. The minimum Gasteiger partial charge on any atom is -0.493 e. The van der Waals surface area contributed by atoms with E-state index >= 15 is 0 Å². The van der Waals surface area contributed by atoms with Crippen LogP contribution in [0.4, 0.5) is 0 Å². The smallest absolute Gasteiger partial charge is 0.119 e. The molecule has 1 aromatic carbocycles. The van der Waals surface area contributed by atoms with Crippen LogP contribution in [0.1, 0.15) is 44.1 Å². The van der Waals surface area contributed by atoms with Gasteiger partial charge < -0.3 is 10.1 Å². The molecule has 1 aliphatic carbocycles. The Morgan fingerprint density at radius 1 is 1.30 bits per heavy atom. The van der Waals surface area contributed by atoms with Crippen LogP contribution in [0.5, 0.6) is 5.75 Å². The fourth-order valence-electron chi connectivity index (χ4n) is 2.79. The van der Waals surface area contributed by atoms with Crippen molar-refractivity contribution in [3.8, 4) is 5.75 Å². The molecule has 0 bridgehead atoms. The number of benzene rings is 1. The van der Waals surface area contributed by atoms with Gasteiger partial charge in [0.05, 0.1) is 6.61 Å². The van der Waals surface area contributed by atoms with E-state index in [4.69, 9.17) is 4.74 Å². The molecule has 1 N–H and O–H groups in total. The van der Waals surface area contributed by atoms with Crippen molar-refractivity contribution in [2.24, 2.45) is 5.92 Å². The molecule has 110 valence electrons. The minimum absolute atomic E-state index is 0.750. The van der Waals surface area contributed by atoms with Crippen molar-refractivity contribution in [3.05, 3.63) is 36.4 Å². The van der Waals surface area contributed by atoms with Crippen molar-refractivity contribution in [1.29, 1.82) is 0 Å². The van der Waals surface area contributed by atoms with E-state index in [1.54, 1.807) is 0 Å². The van der Waals surface area contributed by atoms with Gasteiger partial charge in [-0.3, -0.25) is 0 Å². The van der Waals surface area contributed by atoms with Crippen molar-refractivity contribution < 1.29 is 4.74 Å². The van der Waals surface area contributed by atoms with Gasteiger partial charge in [0.25, 0.3) is 0 Å². The molecule has 0 aromatic heterocycles. The van der Waals surface area contributed by atoms with Gasteiger partial charge in [-0.15, -0.1) is 0 Å². The van der Waals surface area contributed by atoms with E-state index in [-0.39, 0.29) is 0 Å². The molecule has 1 saturated carbocycles. The lowest BCUT2D eigenvalue weighted by Crippen LogP contribution is -2.15. The Morgan fingerprint density at radius 2 is 2.10 bits per heavy atom. The van der Waals surface area contributed by atoms with Crippen molar-refractivity contribution >= 4 is 5.57 Å². The molecule has 0 radical (unpaired) electrons. The molecule has 2 nitrogen and oxygen atoms in total. The Kier molecular flexibility index (Phi) is 6.13. The molecule has 1 aliphatic rings. The summed E-state index contributed by atoms with van der Waals surface area (Å²) in [6, 6.07) is 8.36. The van der Waals surface area contributed by atoms with Gasteiger partial charge >= 0.3 is 0 Å². The zero-order chi connectivity index (χ0) is 14.2. The standard InChI is InChI=1S/C18H27NO/c1-15(11-12-19-2)17-9-6-10-18(13-17)20-14-16-7-4-3-5-8-16/h6,9-10,13,16,19H,1,3-5,7-8,11-12,14H2,2H3. The molecular formula is C18H27NO. The minimum atomic E-state index is 0.750. The topological polar surface area (TPSA) is 21.3 Å². The van der Waals surface area contributed by atoms with Crippen molar-refractivity contribution in [1.82, 2.24) is 5.32 Å². The third kappa shape index (κ3) is 4.68. The lowest BCUT2D eigenvalue weighted by molar-refractivity contribution is 0.209. The zero-order valence-corrected chi connectivity index (χ0v) is 12.7. The normalized spacial score (nSPS) is 16.1. The Morgan fingerprint density at radius 3 is 2.85 bits per heavy atom. The molecule has 0 aliphatic heterocycles. The molecule has 0 atom stereocenters. The predicted molar refractivity (Wildman–Crippen MR) is 86.1 cm³/mol. The van der Waals surface area contributed by atoms with E-state index in [9.17, 15) is 0 Å². The predicted octanol–water partition coefficient (Wildman–Crippen LogP) is 4.27. The molecule has 2 heteroatoms. The first-order valence-corrected chi connectivity index (χ1v) is 7.85. The lowest BCUT2D eigenvalue weighted by atomic mass is 9.90. The Hall–Kier alpha value is -1.28. The Bertz CT molecular complexity index is 421. The van der Waals surface area contributed by atoms with E-state index in [0.717, 1.165) is 31.2 Å². The van der Waals surface area contributed by atoms with Gasteiger partial charge in [0.15, 0.2) is 0 Å². The summed E-state index contributed by atoms with van der Waals surface area (Å²) in [5.74, 6) is 1.73. The summed E-state index contributed by atoms with van der Waals surface area (Å²) < 4.78 is 5.98. The molecule has 0 unspecified atom stereocenters. The molecular weight excluding hydrogens is 246 g/mol. The summed E-state index contributed by atoms with van der Waals surface area (Å²) in [7, 11) is 1.97. The summed E-state index contributed by atoms with van der Waals surface area (Å²) in [6.07, 6.45) is 7.77. The molecule has 1 fully saturated rings. The third-order valence-electron chi connectivity index (χ3n) is 4.13. The van der Waals surface area contributed by atoms with Crippen LogP contribution >= 0.6 is 0 Å². The van der Waals surface area contributed by atoms with Crippen LogP contribution in [-0.2, 0) is 0 Å². The number of ether oxygens (including phenoxy) is 1. The van der Waals surface area contributed by atoms with Gasteiger partial charge in [0.1, 0.15) is 5.75 Å². The number of rotatable bonds is 7. The quantitative estimate of drug-likeness (QED) is 0.801. The van der Waals surface area contributed by atoms with Gasteiger partial charge in [0, 0.05) is 0 Å². The maximum atomic E-state index is 5.98. The van der Waals surface area contributed by atoms with E-state index in [1.807, 2.05) is 7.05 Å². The van der Waals surface area contributed by atoms with Crippen LogP contribution in [0, 0.1) is 5.92 Å². The van der Waals surface area contributed by atoms with E-state index in [2.05, 4.69) is 36.2 Å². The van der Waals surface area contributed by atoms with Crippen LogP contribution in [-0.4, -0.2) is 20.2 Å². The fourth-order valence-corrected chi connectivity index (χ4v) is 2.79. The van der Waals surface area contributed by atoms with Crippen LogP contribution in [0.15, 0.2) is 30.8 Å². The average Bonchev–Trinajstić information content (AvgIpc) is 2.52. The summed E-state index contributed by atoms with van der Waals surface area (Å²) in [6.45, 7) is 5.99. The Balaban J connectivity index is 1.86. The number of nitrogens with one attached hydrogen (secondary N) is 1. The second-order valence-electron chi connectivity index (χ2n) is 5.80. The molecule has 0 saturated heterocycles. The summed E-state index contributed by atoms with van der Waals surface area (Å²) in [5.41, 5.74) is 2.36.